The summed E-state index contributed by atoms with van der Waals surface area (Å²) >= 11 is 0. The van der Waals surface area contributed by atoms with Crippen molar-refractivity contribution in [3.8, 4) is 0 Å². The van der Waals surface area contributed by atoms with Gasteiger partial charge in [0.2, 0.25) is 5.54 Å². The monoisotopic (exact) mass is 407 g/mol. The SMILES string of the molecule is CCC(NC(=O)NNC(=O)c1ccc2ccccc2c1)(C(F)(F)F)C(F)(F)F. The number of alkyl halides is 6. The quantitative estimate of drug-likeness (QED) is 0.531. The Bertz CT molecular complexity index is 865. The van der Waals surface area contributed by atoms with E-state index in [0.717, 1.165) is 10.7 Å². The van der Waals surface area contributed by atoms with Gasteiger partial charge in [-0.1, -0.05) is 37.3 Å². The minimum absolute atomic E-state index is 0.0485. The van der Waals surface area contributed by atoms with Gasteiger partial charge < -0.3 is 5.32 Å². The van der Waals surface area contributed by atoms with E-state index in [-0.39, 0.29) is 5.56 Å². The van der Waals surface area contributed by atoms with Crippen molar-refractivity contribution in [3.63, 3.8) is 0 Å². The summed E-state index contributed by atoms with van der Waals surface area (Å²) in [5.41, 5.74) is -1.11. The number of carbonyl (C=O) groups excluding carboxylic acids is 2. The van der Waals surface area contributed by atoms with Crippen molar-refractivity contribution in [2.24, 2.45) is 0 Å². The van der Waals surface area contributed by atoms with E-state index in [4.69, 9.17) is 0 Å². The second-order valence-corrected chi connectivity index (χ2v) is 5.85. The highest BCUT2D eigenvalue weighted by atomic mass is 19.4. The van der Waals surface area contributed by atoms with Gasteiger partial charge in [-0.2, -0.15) is 26.3 Å². The Hall–Kier alpha value is -2.98. The minimum Gasteiger partial charge on any atom is -0.315 e. The van der Waals surface area contributed by atoms with E-state index in [2.05, 4.69) is 0 Å². The van der Waals surface area contributed by atoms with Crippen LogP contribution in [0.5, 0.6) is 0 Å². The molecule has 0 saturated carbocycles. The number of benzene rings is 2. The third kappa shape index (κ3) is 4.12. The van der Waals surface area contributed by atoms with Crippen molar-refractivity contribution < 1.29 is 35.9 Å². The zero-order chi connectivity index (χ0) is 21.2. The van der Waals surface area contributed by atoms with Crippen LogP contribution in [0.15, 0.2) is 42.5 Å². The van der Waals surface area contributed by atoms with Crippen LogP contribution in [0.2, 0.25) is 0 Å². The van der Waals surface area contributed by atoms with E-state index in [1.807, 2.05) is 0 Å². The van der Waals surface area contributed by atoms with Crippen LogP contribution in [-0.4, -0.2) is 29.8 Å². The van der Waals surface area contributed by atoms with Gasteiger partial charge in [0.05, 0.1) is 0 Å². The first-order chi connectivity index (χ1) is 12.9. The van der Waals surface area contributed by atoms with E-state index in [1.165, 1.54) is 17.6 Å². The minimum atomic E-state index is -5.79. The summed E-state index contributed by atoms with van der Waals surface area (Å²) in [5.74, 6) is -0.915. The van der Waals surface area contributed by atoms with E-state index in [9.17, 15) is 35.9 Å². The fourth-order valence-electron chi connectivity index (χ4n) is 2.53. The van der Waals surface area contributed by atoms with Crippen LogP contribution in [0.1, 0.15) is 23.7 Å². The molecule has 0 aliphatic carbocycles. The highest BCUT2D eigenvalue weighted by Crippen LogP contribution is 2.45. The summed E-state index contributed by atoms with van der Waals surface area (Å²) in [4.78, 5) is 23.6. The lowest BCUT2D eigenvalue weighted by Crippen LogP contribution is -2.69. The largest absolute Gasteiger partial charge is 0.420 e. The molecule has 0 bridgehead atoms. The van der Waals surface area contributed by atoms with Crippen molar-refractivity contribution in [3.05, 3.63) is 48.0 Å². The van der Waals surface area contributed by atoms with Gasteiger partial charge in [-0.15, -0.1) is 0 Å². The van der Waals surface area contributed by atoms with Crippen molar-refractivity contribution in [2.75, 3.05) is 0 Å². The van der Waals surface area contributed by atoms with E-state index in [1.54, 1.807) is 35.8 Å². The molecule has 3 N–H and O–H groups in total. The number of hydrogen-bond acceptors (Lipinski definition) is 2. The van der Waals surface area contributed by atoms with Crippen LogP contribution in [0.4, 0.5) is 31.1 Å². The van der Waals surface area contributed by atoms with Gasteiger partial charge in [0.1, 0.15) is 0 Å². The molecule has 2 rings (SSSR count). The molecule has 3 amide bonds. The number of amides is 3. The summed E-state index contributed by atoms with van der Waals surface area (Å²) < 4.78 is 78.0. The zero-order valence-corrected chi connectivity index (χ0v) is 14.3. The standard InChI is InChI=1S/C17H15F6N3O2/c1-2-15(16(18,19)20,17(21,22)23)24-14(28)26-25-13(27)12-8-7-10-5-3-4-6-11(10)9-12/h3-9H,2H2,1H3,(H,25,27)(H2,24,26,28). The molecule has 5 nitrogen and oxygen atoms in total. The number of halogens is 6. The smallest absolute Gasteiger partial charge is 0.315 e. The molecule has 0 spiro atoms. The van der Waals surface area contributed by atoms with Gasteiger partial charge in [0, 0.05) is 5.56 Å². The average molecular weight is 407 g/mol. The number of rotatable bonds is 3. The average Bonchev–Trinajstić information content (AvgIpc) is 2.61. The highest BCUT2D eigenvalue weighted by Gasteiger charge is 2.70. The maximum absolute atomic E-state index is 13.0. The number of nitrogens with one attached hydrogen (secondary N) is 3. The van der Waals surface area contributed by atoms with Crippen LogP contribution in [-0.2, 0) is 0 Å². The summed E-state index contributed by atoms with van der Waals surface area (Å²) in [5, 5.41) is 2.37. The third-order valence-corrected chi connectivity index (χ3v) is 4.13. The Kier molecular flexibility index (Phi) is 5.76. The second-order valence-electron chi connectivity index (χ2n) is 5.85. The Morgan fingerprint density at radius 2 is 1.43 bits per heavy atom. The highest BCUT2D eigenvalue weighted by molar-refractivity contribution is 5.99. The number of carbonyl (C=O) groups is 2. The molecule has 0 fully saturated rings. The summed E-state index contributed by atoms with van der Waals surface area (Å²) in [7, 11) is 0. The second kappa shape index (κ2) is 7.56. The molecule has 0 saturated heterocycles. The van der Waals surface area contributed by atoms with Crippen LogP contribution >= 0.6 is 0 Å². The Labute approximate surface area is 155 Å². The normalized spacial score (nSPS) is 12.5. The fourth-order valence-corrected chi connectivity index (χ4v) is 2.53. The van der Waals surface area contributed by atoms with Gasteiger partial charge in [0.15, 0.2) is 0 Å². The predicted octanol–water partition coefficient (Wildman–Crippen LogP) is 4.06. The van der Waals surface area contributed by atoms with Crippen LogP contribution < -0.4 is 16.2 Å². The molecule has 2 aromatic rings. The first-order valence-electron chi connectivity index (χ1n) is 7.92. The van der Waals surface area contributed by atoms with E-state index >= 15 is 0 Å². The summed E-state index contributed by atoms with van der Waals surface area (Å²) in [6.07, 6.45) is -13.1. The summed E-state index contributed by atoms with van der Waals surface area (Å²) in [6, 6.07) is 9.55. The van der Waals surface area contributed by atoms with Crippen molar-refractivity contribution in [1.29, 1.82) is 0 Å². The van der Waals surface area contributed by atoms with Crippen molar-refractivity contribution in [2.45, 2.75) is 31.2 Å². The van der Waals surface area contributed by atoms with Crippen LogP contribution in [0.3, 0.4) is 0 Å². The molecule has 0 unspecified atom stereocenters. The Morgan fingerprint density at radius 3 is 1.96 bits per heavy atom. The van der Waals surface area contributed by atoms with Gasteiger partial charge in [-0.25, -0.2) is 10.2 Å². The van der Waals surface area contributed by atoms with Crippen LogP contribution in [0, 0.1) is 0 Å². The lowest BCUT2D eigenvalue weighted by atomic mass is 9.94. The molecule has 28 heavy (non-hydrogen) atoms. The molecule has 0 aromatic heterocycles. The lowest BCUT2D eigenvalue weighted by Gasteiger charge is -2.36. The maximum atomic E-state index is 13.0. The number of hydrazine groups is 1. The van der Waals surface area contributed by atoms with Gasteiger partial charge in [-0.05, 0) is 29.3 Å². The lowest BCUT2D eigenvalue weighted by molar-refractivity contribution is -0.304. The molecule has 0 heterocycles. The molecule has 0 aliphatic rings. The van der Waals surface area contributed by atoms with E-state index in [0.29, 0.717) is 12.3 Å². The van der Waals surface area contributed by atoms with Crippen molar-refractivity contribution >= 4 is 22.7 Å². The van der Waals surface area contributed by atoms with Gasteiger partial charge in [0.25, 0.3) is 5.91 Å². The molecule has 0 radical (unpaired) electrons. The number of fused-ring (bicyclic) bond motifs is 1. The predicted molar refractivity (Wildman–Crippen MR) is 88.2 cm³/mol. The Morgan fingerprint density at radius 1 is 0.857 bits per heavy atom. The topological polar surface area (TPSA) is 70.2 Å². The molecular formula is C17H15F6N3O2. The van der Waals surface area contributed by atoms with Gasteiger partial charge in [-0.3, -0.25) is 10.2 Å². The van der Waals surface area contributed by atoms with Crippen molar-refractivity contribution in [1.82, 2.24) is 16.2 Å². The zero-order valence-electron chi connectivity index (χ0n) is 14.3. The number of urea groups is 1. The molecular weight excluding hydrogens is 392 g/mol. The molecule has 0 aliphatic heterocycles. The molecule has 2 aromatic carbocycles. The Balaban J connectivity index is 2.10. The maximum Gasteiger partial charge on any atom is 0.420 e. The molecule has 11 heteroatoms. The third-order valence-electron chi connectivity index (χ3n) is 4.13. The molecule has 152 valence electrons. The fraction of sp³-hybridized carbons (Fsp3) is 0.294. The first kappa shape index (κ1) is 21.3. The number of hydrogen-bond donors (Lipinski definition) is 3. The molecule has 0 atom stereocenters. The summed E-state index contributed by atoms with van der Waals surface area (Å²) in [6.45, 7) is 0.634. The first-order valence-corrected chi connectivity index (χ1v) is 7.92. The van der Waals surface area contributed by atoms with E-state index < -0.39 is 36.3 Å². The van der Waals surface area contributed by atoms with Crippen LogP contribution in [0.25, 0.3) is 10.8 Å². The van der Waals surface area contributed by atoms with Gasteiger partial charge >= 0.3 is 18.4 Å².